The first kappa shape index (κ1) is 15.9. The molecule has 1 aliphatic rings. The first-order chi connectivity index (χ1) is 11.6. The van der Waals surface area contributed by atoms with E-state index in [4.69, 9.17) is 0 Å². The topological polar surface area (TPSA) is 90.7 Å². The van der Waals surface area contributed by atoms with Crippen LogP contribution in [0.4, 0.5) is 11.4 Å². The number of azo groups is 1. The fourth-order valence-corrected chi connectivity index (χ4v) is 3.13. The average Bonchev–Trinajstić information content (AvgIpc) is 3.10. The number of aromatic nitrogens is 1. The molecule has 0 radical (unpaired) electrons. The smallest absolute Gasteiger partial charge is 0.281 e. The first-order valence-corrected chi connectivity index (χ1v) is 7.98. The highest BCUT2D eigenvalue weighted by molar-refractivity contribution is 5.57. The monoisotopic (exact) mass is 322 g/mol. The molecule has 6 nitrogen and oxygen atoms in total. The summed E-state index contributed by atoms with van der Waals surface area (Å²) in [6, 6.07) is 11.0. The van der Waals surface area contributed by atoms with Gasteiger partial charge in [0.05, 0.1) is 5.69 Å². The maximum absolute atomic E-state index is 12.8. The molecule has 6 heteroatoms. The summed E-state index contributed by atoms with van der Waals surface area (Å²) in [5.41, 5.74) is 0.781. The number of pyridine rings is 1. The van der Waals surface area contributed by atoms with Gasteiger partial charge >= 0.3 is 0 Å². The summed E-state index contributed by atoms with van der Waals surface area (Å²) in [5.74, 6) is -0.259. The third-order valence-corrected chi connectivity index (χ3v) is 4.43. The highest BCUT2D eigenvalue weighted by Gasteiger charge is 2.26. The van der Waals surface area contributed by atoms with Gasteiger partial charge in [0.25, 0.3) is 5.56 Å². The van der Waals surface area contributed by atoms with Crippen molar-refractivity contribution in [2.75, 3.05) is 0 Å². The Morgan fingerprint density at radius 3 is 2.50 bits per heavy atom. The Hall–Kier alpha value is -2.94. The van der Waals surface area contributed by atoms with Crippen molar-refractivity contribution in [2.45, 2.75) is 38.6 Å². The standard InChI is InChI=1S/C18H18N4O2/c1-12-15(11-19)17(23)22(14-9-5-6-10-14)18(24)16(12)21-20-13-7-3-2-4-8-13/h2-4,7-8,14,23H,5-6,9-10H2,1H3. The molecule has 122 valence electrons. The molecule has 0 unspecified atom stereocenters. The highest BCUT2D eigenvalue weighted by Crippen LogP contribution is 2.35. The number of hydrogen-bond acceptors (Lipinski definition) is 5. The van der Waals surface area contributed by atoms with Crippen LogP contribution in [0.25, 0.3) is 0 Å². The van der Waals surface area contributed by atoms with Gasteiger partial charge in [0.1, 0.15) is 11.6 Å². The Balaban J connectivity index is 2.15. The van der Waals surface area contributed by atoms with Gasteiger partial charge in [-0.3, -0.25) is 9.36 Å². The van der Waals surface area contributed by atoms with Crippen LogP contribution in [0.3, 0.4) is 0 Å². The molecule has 0 spiro atoms. The van der Waals surface area contributed by atoms with Crippen LogP contribution in [0.15, 0.2) is 45.4 Å². The number of nitrogens with zero attached hydrogens (tertiary/aromatic N) is 4. The third-order valence-electron chi connectivity index (χ3n) is 4.43. The van der Waals surface area contributed by atoms with E-state index in [1.54, 1.807) is 19.1 Å². The molecule has 1 N–H and O–H groups in total. The average molecular weight is 322 g/mol. The molecule has 1 heterocycles. The molecule has 1 aromatic heterocycles. The fourth-order valence-electron chi connectivity index (χ4n) is 3.13. The lowest BCUT2D eigenvalue weighted by atomic mass is 10.1. The summed E-state index contributed by atoms with van der Waals surface area (Å²) in [6.07, 6.45) is 3.65. The van der Waals surface area contributed by atoms with Crippen molar-refractivity contribution >= 4 is 11.4 Å². The van der Waals surface area contributed by atoms with Gasteiger partial charge in [0, 0.05) is 11.6 Å². The summed E-state index contributed by atoms with van der Waals surface area (Å²) in [6.45, 7) is 1.61. The van der Waals surface area contributed by atoms with E-state index in [2.05, 4.69) is 10.2 Å². The Labute approximate surface area is 139 Å². The van der Waals surface area contributed by atoms with E-state index in [1.165, 1.54) is 4.57 Å². The molecule has 24 heavy (non-hydrogen) atoms. The summed E-state index contributed by atoms with van der Waals surface area (Å²) < 4.78 is 1.32. The van der Waals surface area contributed by atoms with Crippen molar-refractivity contribution in [2.24, 2.45) is 10.2 Å². The van der Waals surface area contributed by atoms with Gasteiger partial charge in [-0.05, 0) is 31.9 Å². The molecule has 1 fully saturated rings. The minimum atomic E-state index is -0.393. The van der Waals surface area contributed by atoms with E-state index in [9.17, 15) is 15.2 Å². The van der Waals surface area contributed by atoms with Crippen LogP contribution >= 0.6 is 0 Å². The predicted molar refractivity (Wildman–Crippen MR) is 89.9 cm³/mol. The van der Waals surface area contributed by atoms with Crippen molar-refractivity contribution in [3.05, 3.63) is 51.8 Å². The minimum Gasteiger partial charge on any atom is -0.493 e. The summed E-state index contributed by atoms with van der Waals surface area (Å²) in [4.78, 5) is 12.8. The zero-order chi connectivity index (χ0) is 17.1. The van der Waals surface area contributed by atoms with Crippen LogP contribution in [0.2, 0.25) is 0 Å². The first-order valence-electron chi connectivity index (χ1n) is 7.98. The quantitative estimate of drug-likeness (QED) is 0.856. The van der Waals surface area contributed by atoms with Crippen LogP contribution in [0, 0.1) is 18.3 Å². The number of aromatic hydroxyl groups is 1. The van der Waals surface area contributed by atoms with Crippen molar-refractivity contribution in [1.82, 2.24) is 4.57 Å². The van der Waals surface area contributed by atoms with E-state index in [0.29, 0.717) is 11.3 Å². The molecule has 0 aliphatic heterocycles. The van der Waals surface area contributed by atoms with E-state index in [1.807, 2.05) is 24.3 Å². The second kappa shape index (κ2) is 6.67. The maximum Gasteiger partial charge on any atom is 0.281 e. The Kier molecular flexibility index (Phi) is 4.43. The molecular formula is C18H18N4O2. The third kappa shape index (κ3) is 2.81. The molecule has 0 saturated heterocycles. The van der Waals surface area contributed by atoms with E-state index in [-0.39, 0.29) is 23.2 Å². The minimum absolute atomic E-state index is 0.0866. The Morgan fingerprint density at radius 2 is 1.88 bits per heavy atom. The van der Waals surface area contributed by atoms with Crippen molar-refractivity contribution in [1.29, 1.82) is 5.26 Å². The Morgan fingerprint density at radius 1 is 1.21 bits per heavy atom. The van der Waals surface area contributed by atoms with Gasteiger partial charge in [-0.25, -0.2) is 0 Å². The molecular weight excluding hydrogens is 304 g/mol. The van der Waals surface area contributed by atoms with Crippen LogP contribution in [0.5, 0.6) is 5.88 Å². The van der Waals surface area contributed by atoms with Gasteiger partial charge in [0.15, 0.2) is 5.69 Å². The number of rotatable bonds is 3. The van der Waals surface area contributed by atoms with Crippen LogP contribution in [0.1, 0.15) is 42.9 Å². The van der Waals surface area contributed by atoms with Crippen molar-refractivity contribution in [3.63, 3.8) is 0 Å². The summed E-state index contributed by atoms with van der Waals surface area (Å²) in [7, 11) is 0. The zero-order valence-corrected chi connectivity index (χ0v) is 13.4. The lowest BCUT2D eigenvalue weighted by molar-refractivity contribution is 0.368. The van der Waals surface area contributed by atoms with Crippen LogP contribution < -0.4 is 5.56 Å². The zero-order valence-electron chi connectivity index (χ0n) is 13.4. The SMILES string of the molecule is Cc1c(C#N)c(O)n(C2CCCC2)c(=O)c1N=Nc1ccccc1. The number of nitriles is 1. The van der Waals surface area contributed by atoms with Gasteiger partial charge in [-0.15, -0.1) is 5.11 Å². The normalized spacial score (nSPS) is 15.0. The van der Waals surface area contributed by atoms with Crippen molar-refractivity contribution in [3.8, 4) is 11.9 Å². The molecule has 2 aromatic rings. The Bertz CT molecular complexity index is 873. The van der Waals surface area contributed by atoms with Crippen LogP contribution in [-0.2, 0) is 0 Å². The molecule has 1 saturated carbocycles. The van der Waals surface area contributed by atoms with E-state index >= 15 is 0 Å². The largest absolute Gasteiger partial charge is 0.493 e. The second-order valence-electron chi connectivity index (χ2n) is 5.93. The fraction of sp³-hybridized carbons (Fsp3) is 0.333. The molecule has 1 aromatic carbocycles. The molecule has 3 rings (SSSR count). The second-order valence-corrected chi connectivity index (χ2v) is 5.93. The molecule has 1 aliphatic carbocycles. The lowest BCUT2D eigenvalue weighted by Crippen LogP contribution is -2.24. The van der Waals surface area contributed by atoms with Crippen molar-refractivity contribution < 1.29 is 5.11 Å². The van der Waals surface area contributed by atoms with Gasteiger partial charge < -0.3 is 5.11 Å². The molecule has 0 atom stereocenters. The summed E-state index contributed by atoms with van der Waals surface area (Å²) in [5, 5.41) is 27.9. The van der Waals surface area contributed by atoms with E-state index < -0.39 is 5.56 Å². The lowest BCUT2D eigenvalue weighted by Gasteiger charge is -2.18. The number of benzene rings is 1. The van der Waals surface area contributed by atoms with Gasteiger partial charge in [0.2, 0.25) is 5.88 Å². The van der Waals surface area contributed by atoms with E-state index in [0.717, 1.165) is 25.7 Å². The maximum atomic E-state index is 12.8. The molecule has 0 amide bonds. The van der Waals surface area contributed by atoms with Crippen LogP contribution in [-0.4, -0.2) is 9.67 Å². The highest BCUT2D eigenvalue weighted by atomic mass is 16.3. The molecule has 0 bridgehead atoms. The van der Waals surface area contributed by atoms with Gasteiger partial charge in [-0.2, -0.15) is 10.4 Å². The summed E-state index contributed by atoms with van der Waals surface area (Å²) >= 11 is 0. The van der Waals surface area contributed by atoms with Gasteiger partial charge in [-0.1, -0.05) is 31.0 Å². The number of hydrogen-bond donors (Lipinski definition) is 1. The predicted octanol–water partition coefficient (Wildman–Crippen LogP) is 4.26.